The monoisotopic (exact) mass is 331 g/mol. The number of hydrogen-bond acceptors (Lipinski definition) is 2. The first-order chi connectivity index (χ1) is 7.41. The molecule has 0 aliphatic rings. The Bertz CT molecular complexity index is 427. The second-order valence-electron chi connectivity index (χ2n) is 3.83. The third-order valence-electron chi connectivity index (χ3n) is 2.29. The minimum Gasteiger partial charge on any atom is -0.349 e. The quantitative estimate of drug-likeness (QED) is 0.629. The van der Waals surface area contributed by atoms with E-state index in [9.17, 15) is 9.59 Å². The van der Waals surface area contributed by atoms with E-state index in [1.165, 1.54) is 6.92 Å². The van der Waals surface area contributed by atoms with Gasteiger partial charge in [-0.25, -0.2) is 0 Å². The maximum Gasteiger partial charge on any atom is 0.226 e. The van der Waals surface area contributed by atoms with Crippen LogP contribution in [0.5, 0.6) is 0 Å². The molecule has 0 saturated heterocycles. The van der Waals surface area contributed by atoms with Crippen LogP contribution in [0.3, 0.4) is 0 Å². The summed E-state index contributed by atoms with van der Waals surface area (Å²) in [5, 5.41) is 0. The summed E-state index contributed by atoms with van der Waals surface area (Å²) >= 11 is 2.18. The number of halogens is 1. The summed E-state index contributed by atoms with van der Waals surface area (Å²) in [6.45, 7) is 1.53. The molecule has 3 nitrogen and oxygen atoms in total. The van der Waals surface area contributed by atoms with E-state index in [0.29, 0.717) is 12.0 Å². The average Bonchev–Trinajstić information content (AvgIpc) is 2.20. The summed E-state index contributed by atoms with van der Waals surface area (Å²) in [7, 11) is 3.45. The Morgan fingerprint density at radius 1 is 1.31 bits per heavy atom. The highest BCUT2D eigenvalue weighted by Crippen LogP contribution is 2.16. The van der Waals surface area contributed by atoms with Crippen LogP contribution in [0, 0.1) is 3.57 Å². The van der Waals surface area contributed by atoms with Crippen molar-refractivity contribution in [1.29, 1.82) is 0 Å². The summed E-state index contributed by atoms with van der Waals surface area (Å²) < 4.78 is 1.01. The van der Waals surface area contributed by atoms with Gasteiger partial charge in [-0.2, -0.15) is 0 Å². The lowest BCUT2D eigenvalue weighted by Crippen LogP contribution is -2.23. The van der Waals surface area contributed by atoms with Crippen molar-refractivity contribution in [3.63, 3.8) is 0 Å². The van der Waals surface area contributed by atoms with Gasteiger partial charge in [0.25, 0.3) is 0 Å². The highest BCUT2D eigenvalue weighted by molar-refractivity contribution is 14.1. The Hall–Kier alpha value is -0.910. The number of likely N-dealkylation sites (N-methyl/N-ethyl adjacent to an activating group) is 1. The van der Waals surface area contributed by atoms with E-state index in [1.807, 2.05) is 6.07 Å². The predicted molar refractivity (Wildman–Crippen MR) is 71.6 cm³/mol. The summed E-state index contributed by atoms with van der Waals surface area (Å²) in [6.07, 6.45) is 0.340. The first-order valence-electron chi connectivity index (χ1n) is 4.91. The lowest BCUT2D eigenvalue weighted by atomic mass is 10.1. The van der Waals surface area contributed by atoms with Crippen LogP contribution in [0.15, 0.2) is 18.2 Å². The van der Waals surface area contributed by atoms with E-state index in [2.05, 4.69) is 22.6 Å². The molecule has 1 aromatic carbocycles. The number of rotatable bonds is 3. The SMILES string of the molecule is CC(=O)c1ccc(I)c(CC(=O)N(C)C)c1. The fourth-order valence-electron chi connectivity index (χ4n) is 1.25. The molecule has 16 heavy (non-hydrogen) atoms. The lowest BCUT2D eigenvalue weighted by Gasteiger charge is -2.11. The van der Waals surface area contributed by atoms with Crippen molar-refractivity contribution < 1.29 is 9.59 Å². The van der Waals surface area contributed by atoms with Crippen LogP contribution in [0.4, 0.5) is 0 Å². The number of hydrogen-bond donors (Lipinski definition) is 0. The van der Waals surface area contributed by atoms with Crippen LogP contribution in [0.25, 0.3) is 0 Å². The van der Waals surface area contributed by atoms with Gasteiger partial charge in [0.1, 0.15) is 0 Å². The Morgan fingerprint density at radius 3 is 2.44 bits per heavy atom. The maximum absolute atomic E-state index is 11.6. The number of amides is 1. The van der Waals surface area contributed by atoms with Gasteiger partial charge in [0.05, 0.1) is 6.42 Å². The zero-order chi connectivity index (χ0) is 12.3. The van der Waals surface area contributed by atoms with Gasteiger partial charge in [0.2, 0.25) is 5.91 Å². The van der Waals surface area contributed by atoms with Crippen LogP contribution in [-0.2, 0) is 11.2 Å². The van der Waals surface area contributed by atoms with Crippen molar-refractivity contribution in [1.82, 2.24) is 4.90 Å². The fourth-order valence-corrected chi connectivity index (χ4v) is 1.78. The molecule has 0 heterocycles. The van der Waals surface area contributed by atoms with Gasteiger partial charge in [-0.15, -0.1) is 0 Å². The highest BCUT2D eigenvalue weighted by atomic mass is 127. The number of carbonyl (C=O) groups excluding carboxylic acids is 2. The van der Waals surface area contributed by atoms with Crippen molar-refractivity contribution in [2.45, 2.75) is 13.3 Å². The van der Waals surface area contributed by atoms with Gasteiger partial charge in [0, 0.05) is 23.2 Å². The van der Waals surface area contributed by atoms with E-state index in [0.717, 1.165) is 9.13 Å². The first kappa shape index (κ1) is 13.2. The number of carbonyl (C=O) groups is 2. The minimum atomic E-state index is 0.0231. The third kappa shape index (κ3) is 3.30. The largest absolute Gasteiger partial charge is 0.349 e. The summed E-state index contributed by atoms with van der Waals surface area (Å²) in [5.41, 5.74) is 1.56. The smallest absolute Gasteiger partial charge is 0.226 e. The number of ketones is 1. The van der Waals surface area contributed by atoms with E-state index < -0.39 is 0 Å². The summed E-state index contributed by atoms with van der Waals surface area (Å²) in [4.78, 5) is 24.4. The number of benzene rings is 1. The third-order valence-corrected chi connectivity index (χ3v) is 3.35. The highest BCUT2D eigenvalue weighted by Gasteiger charge is 2.10. The van der Waals surface area contributed by atoms with Gasteiger partial charge in [0.15, 0.2) is 5.78 Å². The second kappa shape index (κ2) is 5.43. The van der Waals surface area contributed by atoms with Crippen molar-refractivity contribution in [2.24, 2.45) is 0 Å². The standard InChI is InChI=1S/C12H14INO2/c1-8(15)9-4-5-11(13)10(6-9)7-12(16)14(2)3/h4-6H,7H2,1-3H3. The molecule has 0 aromatic heterocycles. The topological polar surface area (TPSA) is 37.4 Å². The van der Waals surface area contributed by atoms with Gasteiger partial charge in [-0.05, 0) is 47.2 Å². The van der Waals surface area contributed by atoms with E-state index in [4.69, 9.17) is 0 Å². The molecule has 1 rings (SSSR count). The summed E-state index contributed by atoms with van der Waals surface area (Å²) in [6, 6.07) is 5.45. The van der Waals surface area contributed by atoms with Gasteiger partial charge in [-0.3, -0.25) is 9.59 Å². The van der Waals surface area contributed by atoms with E-state index >= 15 is 0 Å². The van der Waals surface area contributed by atoms with Crippen molar-refractivity contribution in [2.75, 3.05) is 14.1 Å². The molecular formula is C12H14INO2. The van der Waals surface area contributed by atoms with E-state index in [1.54, 1.807) is 31.1 Å². The Morgan fingerprint density at radius 2 is 1.94 bits per heavy atom. The van der Waals surface area contributed by atoms with Crippen LogP contribution in [0.1, 0.15) is 22.8 Å². The van der Waals surface area contributed by atoms with Crippen LogP contribution in [-0.4, -0.2) is 30.7 Å². The second-order valence-corrected chi connectivity index (χ2v) is 4.99. The van der Waals surface area contributed by atoms with Gasteiger partial charge >= 0.3 is 0 Å². The molecule has 1 amide bonds. The Balaban J connectivity index is 2.99. The zero-order valence-electron chi connectivity index (χ0n) is 9.58. The maximum atomic E-state index is 11.6. The predicted octanol–water partition coefficient (Wildman–Crippen LogP) is 2.12. The van der Waals surface area contributed by atoms with Crippen molar-refractivity contribution in [3.05, 3.63) is 32.9 Å². The van der Waals surface area contributed by atoms with Gasteiger partial charge in [-0.1, -0.05) is 6.07 Å². The Kier molecular flexibility index (Phi) is 4.46. The molecule has 4 heteroatoms. The normalized spacial score (nSPS) is 10.0. The van der Waals surface area contributed by atoms with Gasteiger partial charge < -0.3 is 4.90 Å². The van der Waals surface area contributed by atoms with E-state index in [-0.39, 0.29) is 11.7 Å². The molecule has 0 aliphatic carbocycles. The molecular weight excluding hydrogens is 317 g/mol. The molecule has 1 aromatic rings. The van der Waals surface area contributed by atoms with Crippen LogP contribution >= 0.6 is 22.6 Å². The fraction of sp³-hybridized carbons (Fsp3) is 0.333. The lowest BCUT2D eigenvalue weighted by molar-refractivity contribution is -0.127. The zero-order valence-corrected chi connectivity index (χ0v) is 11.7. The van der Waals surface area contributed by atoms with Crippen molar-refractivity contribution in [3.8, 4) is 0 Å². The molecule has 0 unspecified atom stereocenters. The minimum absolute atomic E-state index is 0.0231. The molecule has 0 N–H and O–H groups in total. The van der Waals surface area contributed by atoms with Crippen LogP contribution in [0.2, 0.25) is 0 Å². The molecule has 0 atom stereocenters. The molecule has 0 saturated carbocycles. The molecule has 86 valence electrons. The molecule has 0 bridgehead atoms. The first-order valence-corrected chi connectivity index (χ1v) is 5.99. The van der Waals surface area contributed by atoms with Crippen LogP contribution < -0.4 is 0 Å². The Labute approximate surface area is 109 Å². The molecule has 0 spiro atoms. The molecule has 0 radical (unpaired) electrons. The number of Topliss-reactive ketones (excluding diaryl/α,β-unsaturated/α-hetero) is 1. The number of nitrogens with zero attached hydrogens (tertiary/aromatic N) is 1. The van der Waals surface area contributed by atoms with Crippen molar-refractivity contribution >= 4 is 34.3 Å². The molecule has 0 aliphatic heterocycles. The summed E-state index contributed by atoms with van der Waals surface area (Å²) in [5.74, 6) is 0.0635. The molecule has 0 fully saturated rings. The average molecular weight is 331 g/mol.